The largest absolute Gasteiger partial charge is 0.309 e. The number of thioether (sulfide) groups is 2. The van der Waals surface area contributed by atoms with E-state index in [0.717, 1.165) is 32.1 Å². The molecule has 1 aromatic heterocycles. The fourth-order valence-electron chi connectivity index (χ4n) is 10.6. The quantitative estimate of drug-likeness (QED) is 0.182. The van der Waals surface area contributed by atoms with Crippen LogP contribution in [0.3, 0.4) is 0 Å². The van der Waals surface area contributed by atoms with E-state index in [-0.39, 0.29) is 0 Å². The van der Waals surface area contributed by atoms with Crippen molar-refractivity contribution in [2.45, 2.75) is 59.8 Å². The van der Waals surface area contributed by atoms with Crippen molar-refractivity contribution < 1.29 is 0 Å². The maximum absolute atomic E-state index is 2.66. The summed E-state index contributed by atoms with van der Waals surface area (Å²) in [5, 5.41) is 2.36. The molecule has 0 amide bonds. The third-order valence-corrected chi connectivity index (χ3v) is 15.5. The molecule has 0 N–H and O–H groups in total. The molecule has 4 aliphatic carbocycles. The first-order chi connectivity index (χ1) is 26.3. The SMILES string of the molecule is C1=Cc2c(c3cccc(C4=CC5SC6=CCCC=C6C(C6c7ccccc7SC7CCC=C(c8ccccc8)C76)C5C=C4)c3n2-c2ccccc2)CC1. The van der Waals surface area contributed by atoms with Gasteiger partial charge in [-0.25, -0.2) is 0 Å². The molecule has 0 radical (unpaired) electrons. The molecule has 1 nitrogen and oxygen atoms in total. The third-order valence-electron chi connectivity index (χ3n) is 12.7. The Hall–Kier alpha value is -4.44. The van der Waals surface area contributed by atoms with Crippen LogP contribution in [0.15, 0.2) is 161 Å². The molecule has 260 valence electrons. The summed E-state index contributed by atoms with van der Waals surface area (Å²) >= 11 is 4.29. The topological polar surface area (TPSA) is 4.93 Å². The zero-order valence-corrected chi connectivity index (χ0v) is 31.5. The number of fused-ring (bicyclic) bond motifs is 7. The zero-order chi connectivity index (χ0) is 34.9. The maximum atomic E-state index is 2.66. The van der Waals surface area contributed by atoms with Gasteiger partial charge in [0.15, 0.2) is 0 Å². The zero-order valence-electron chi connectivity index (χ0n) is 29.9. The number of aryl methyl sites for hydroxylation is 1. The standard InChI is InChI=1S/C50H43NS2/c1-3-15-32(16-4-1)35-22-14-28-45-48(35)49(40-21-9-12-27-44(40)52-45)47-39-20-8-11-26-43(39)53-46-31-33(29-30-41(46)47)36-23-13-24-38-37-19-7-10-25-42(37)51(50(36)38)34-17-5-2-6-18-34/h1-6,9-10,12-13,15-18,20-27,29-31,41,45-49H,7-8,11,14,19,28H2. The van der Waals surface area contributed by atoms with Gasteiger partial charge < -0.3 is 4.57 Å². The summed E-state index contributed by atoms with van der Waals surface area (Å²) in [6.07, 6.45) is 27.2. The Kier molecular flexibility index (Phi) is 7.94. The summed E-state index contributed by atoms with van der Waals surface area (Å²) < 4.78 is 2.54. The van der Waals surface area contributed by atoms with Gasteiger partial charge in [0.25, 0.3) is 0 Å². The minimum atomic E-state index is 0.374. The van der Waals surface area contributed by atoms with Gasteiger partial charge in [-0.2, -0.15) is 0 Å². The Bertz CT molecular complexity index is 2440. The summed E-state index contributed by atoms with van der Waals surface area (Å²) in [5.74, 6) is 1.73. The molecule has 1 saturated heterocycles. The fourth-order valence-corrected chi connectivity index (χ4v) is 13.6. The van der Waals surface area contributed by atoms with E-state index in [4.69, 9.17) is 0 Å². The normalized spacial score (nSPS) is 26.9. The molecular weight excluding hydrogens is 679 g/mol. The van der Waals surface area contributed by atoms with Gasteiger partial charge in [0.2, 0.25) is 0 Å². The molecule has 6 atom stereocenters. The van der Waals surface area contributed by atoms with Crippen LogP contribution in [0, 0.1) is 17.8 Å². The van der Waals surface area contributed by atoms with Crippen LogP contribution < -0.4 is 0 Å². The lowest BCUT2D eigenvalue weighted by molar-refractivity contribution is 0.308. The third kappa shape index (κ3) is 5.22. The first kappa shape index (κ1) is 32.0. The number of hydrogen-bond donors (Lipinski definition) is 0. The average Bonchev–Trinajstić information content (AvgIpc) is 3.57. The number of para-hydroxylation sites is 2. The molecular formula is C50H43NS2. The summed E-state index contributed by atoms with van der Waals surface area (Å²) in [6.45, 7) is 0. The van der Waals surface area contributed by atoms with Crippen LogP contribution in [-0.2, 0) is 6.42 Å². The van der Waals surface area contributed by atoms with Crippen molar-refractivity contribution in [3.63, 3.8) is 0 Å². The number of hydrogen-bond acceptors (Lipinski definition) is 2. The Morgan fingerprint density at radius 1 is 0.642 bits per heavy atom. The van der Waals surface area contributed by atoms with Crippen molar-refractivity contribution in [3.8, 4) is 5.69 Å². The van der Waals surface area contributed by atoms with Crippen LogP contribution in [0.5, 0.6) is 0 Å². The molecule has 0 spiro atoms. The van der Waals surface area contributed by atoms with E-state index in [1.165, 1.54) is 60.8 Å². The molecule has 1 fully saturated rings. The monoisotopic (exact) mass is 721 g/mol. The van der Waals surface area contributed by atoms with Gasteiger partial charge in [-0.3, -0.25) is 0 Å². The van der Waals surface area contributed by atoms with E-state index in [2.05, 4.69) is 180 Å². The van der Waals surface area contributed by atoms with Crippen LogP contribution in [0.2, 0.25) is 0 Å². The van der Waals surface area contributed by atoms with E-state index >= 15 is 0 Å². The molecule has 3 heterocycles. The Balaban J connectivity index is 1.07. The van der Waals surface area contributed by atoms with Gasteiger partial charge in [-0.1, -0.05) is 127 Å². The summed E-state index contributed by atoms with van der Waals surface area (Å²) in [7, 11) is 0. The smallest absolute Gasteiger partial charge is 0.0615 e. The highest BCUT2D eigenvalue weighted by molar-refractivity contribution is 8.04. The van der Waals surface area contributed by atoms with Crippen molar-refractivity contribution in [3.05, 3.63) is 184 Å². The van der Waals surface area contributed by atoms with Crippen molar-refractivity contribution in [1.82, 2.24) is 4.57 Å². The van der Waals surface area contributed by atoms with E-state index in [9.17, 15) is 0 Å². The highest BCUT2D eigenvalue weighted by atomic mass is 32.2. The minimum absolute atomic E-state index is 0.374. The second-order valence-corrected chi connectivity index (χ2v) is 18.0. The Labute approximate surface area is 322 Å². The van der Waals surface area contributed by atoms with Gasteiger partial charge in [0.05, 0.1) is 5.52 Å². The summed E-state index contributed by atoms with van der Waals surface area (Å²) in [6, 6.07) is 38.8. The van der Waals surface area contributed by atoms with Gasteiger partial charge in [0.1, 0.15) is 0 Å². The summed E-state index contributed by atoms with van der Waals surface area (Å²) in [5.41, 5.74) is 14.3. The van der Waals surface area contributed by atoms with Gasteiger partial charge >= 0.3 is 0 Å². The second kappa shape index (κ2) is 13.1. The van der Waals surface area contributed by atoms with Crippen molar-refractivity contribution in [1.29, 1.82) is 0 Å². The Morgan fingerprint density at radius 3 is 2.36 bits per heavy atom. The molecule has 0 bridgehead atoms. The fraction of sp³-hybridized carbons (Fsp3) is 0.240. The Morgan fingerprint density at radius 2 is 1.45 bits per heavy atom. The summed E-state index contributed by atoms with van der Waals surface area (Å²) in [4.78, 5) is 3.04. The first-order valence-electron chi connectivity index (χ1n) is 19.7. The number of nitrogens with zero attached hydrogens (tertiary/aromatic N) is 1. The maximum Gasteiger partial charge on any atom is 0.0615 e. The molecule has 4 aromatic carbocycles. The molecule has 6 aliphatic rings. The molecule has 3 heteroatoms. The second-order valence-electron chi connectivity index (χ2n) is 15.5. The van der Waals surface area contributed by atoms with Crippen LogP contribution >= 0.6 is 23.5 Å². The number of rotatable bonds is 4. The predicted molar refractivity (Wildman–Crippen MR) is 227 cm³/mol. The van der Waals surface area contributed by atoms with Crippen LogP contribution in [0.1, 0.15) is 66.0 Å². The minimum Gasteiger partial charge on any atom is -0.309 e. The molecule has 11 rings (SSSR count). The van der Waals surface area contributed by atoms with Gasteiger partial charge in [0, 0.05) is 60.4 Å². The highest BCUT2D eigenvalue weighted by Crippen LogP contribution is 2.63. The average molecular weight is 722 g/mol. The highest BCUT2D eigenvalue weighted by Gasteiger charge is 2.51. The first-order valence-corrected chi connectivity index (χ1v) is 21.4. The molecule has 53 heavy (non-hydrogen) atoms. The lowest BCUT2D eigenvalue weighted by Crippen LogP contribution is -2.42. The van der Waals surface area contributed by atoms with E-state index in [0.29, 0.717) is 34.2 Å². The number of benzene rings is 4. The van der Waals surface area contributed by atoms with Crippen LogP contribution in [-0.4, -0.2) is 15.1 Å². The van der Waals surface area contributed by atoms with Crippen LogP contribution in [0.25, 0.3) is 33.8 Å². The molecule has 6 unspecified atom stereocenters. The van der Waals surface area contributed by atoms with E-state index in [1.54, 1.807) is 16.7 Å². The number of aromatic nitrogens is 1. The van der Waals surface area contributed by atoms with Crippen molar-refractivity contribution in [2.75, 3.05) is 0 Å². The van der Waals surface area contributed by atoms with Gasteiger partial charge in [-0.05, 0) is 102 Å². The van der Waals surface area contributed by atoms with E-state index < -0.39 is 0 Å². The number of allylic oxidation sites excluding steroid dienone is 9. The molecule has 5 aromatic rings. The van der Waals surface area contributed by atoms with E-state index in [1.807, 2.05) is 0 Å². The van der Waals surface area contributed by atoms with Crippen molar-refractivity contribution in [2.24, 2.45) is 17.8 Å². The molecule has 0 saturated carbocycles. The predicted octanol–water partition coefficient (Wildman–Crippen LogP) is 13.2. The van der Waals surface area contributed by atoms with Gasteiger partial charge in [-0.15, -0.1) is 23.5 Å². The van der Waals surface area contributed by atoms with Crippen molar-refractivity contribution >= 4 is 51.6 Å². The van der Waals surface area contributed by atoms with Crippen LogP contribution in [0.4, 0.5) is 0 Å². The lowest BCUT2D eigenvalue weighted by atomic mass is 9.61. The lowest BCUT2D eigenvalue weighted by Gasteiger charge is -2.51. The molecule has 2 aliphatic heterocycles.